The third-order valence-electron chi connectivity index (χ3n) is 10.6. The van der Waals surface area contributed by atoms with E-state index < -0.39 is 127 Å². The highest BCUT2D eigenvalue weighted by molar-refractivity contribution is 7.98. The number of unbranched alkanes of at least 4 members (excludes halogenated alkanes) is 1. The average molecular weight is 1010 g/mol. The SMILES string of the molecule is CSCC[C@H](NC(=O)[C@@H](C)CO)C(=O)N[C@H](C(=O)N[C@@H](CC(=O)O)C(=O)N[C@@H](CCCCN)C(=O)N[C@@H](Cc1ccc(O)cc1)C(=O)N[C@@H](CCCNC(N)=O)C(=O)N[C@@H](CC(C)C)C(N)=O)[C@@H](C)O. The normalized spacial score (nSPS) is 14.9. The Balaban J connectivity index is 3.58. The van der Waals surface area contributed by atoms with Crippen LogP contribution in [-0.4, -0.2) is 160 Å². The minimum Gasteiger partial charge on any atom is -0.508 e. The molecule has 0 saturated heterocycles. The minimum absolute atomic E-state index is 0.000294. The summed E-state index contributed by atoms with van der Waals surface area (Å²) in [5.74, 6) is -9.72. The summed E-state index contributed by atoms with van der Waals surface area (Å²) in [7, 11) is 0. The summed E-state index contributed by atoms with van der Waals surface area (Å²) in [6.45, 7) is 5.82. The van der Waals surface area contributed by atoms with Crippen LogP contribution in [0.1, 0.15) is 84.6 Å². The van der Waals surface area contributed by atoms with Crippen molar-refractivity contribution < 1.29 is 68.4 Å². The number of nitrogens with one attached hydrogen (secondary N) is 8. The van der Waals surface area contributed by atoms with Crippen molar-refractivity contribution in [2.75, 3.05) is 31.7 Å². The lowest BCUT2D eigenvalue weighted by molar-refractivity contribution is -0.142. The van der Waals surface area contributed by atoms with Crippen LogP contribution in [0.5, 0.6) is 5.75 Å². The van der Waals surface area contributed by atoms with E-state index in [-0.39, 0.29) is 69.7 Å². The number of aromatic hydroxyl groups is 1. The number of carboxylic acid groups (broad SMARTS) is 1. The molecule has 0 aliphatic carbocycles. The molecular weight excluding hydrogens is 939 g/mol. The lowest BCUT2D eigenvalue weighted by Gasteiger charge is -2.28. The molecule has 25 nitrogen and oxygen atoms in total. The molecule has 0 saturated carbocycles. The van der Waals surface area contributed by atoms with Crippen LogP contribution in [0.4, 0.5) is 4.79 Å². The summed E-state index contributed by atoms with van der Waals surface area (Å²) in [6, 6.07) is -5.66. The Morgan fingerprint density at radius 1 is 0.629 bits per heavy atom. The molecule has 9 atom stereocenters. The fraction of sp³-hybridized carbons (Fsp3) is 0.636. The number of phenols is 1. The van der Waals surface area contributed by atoms with Gasteiger partial charge in [-0.25, -0.2) is 4.79 Å². The first kappa shape index (κ1) is 61.8. The number of rotatable bonds is 34. The van der Waals surface area contributed by atoms with E-state index in [1.807, 2.05) is 0 Å². The van der Waals surface area contributed by atoms with Gasteiger partial charge in [0.1, 0.15) is 48.0 Å². The lowest BCUT2D eigenvalue weighted by atomic mass is 10.0. The van der Waals surface area contributed by atoms with Gasteiger partial charge in [-0.15, -0.1) is 0 Å². The molecule has 18 N–H and O–H groups in total. The molecule has 0 heterocycles. The van der Waals surface area contributed by atoms with Gasteiger partial charge in [0.15, 0.2) is 0 Å². The quantitative estimate of drug-likeness (QED) is 0.0300. The highest BCUT2D eigenvalue weighted by atomic mass is 32.2. The van der Waals surface area contributed by atoms with Crippen molar-refractivity contribution in [2.45, 2.75) is 134 Å². The number of benzene rings is 1. The van der Waals surface area contributed by atoms with E-state index >= 15 is 0 Å². The van der Waals surface area contributed by atoms with Gasteiger partial charge < -0.3 is 80.2 Å². The summed E-state index contributed by atoms with van der Waals surface area (Å²) < 4.78 is 0. The molecule has 70 heavy (non-hydrogen) atoms. The maximum atomic E-state index is 14.2. The van der Waals surface area contributed by atoms with Crippen molar-refractivity contribution in [3.05, 3.63) is 29.8 Å². The molecule has 0 fully saturated rings. The van der Waals surface area contributed by atoms with Crippen LogP contribution in [0.25, 0.3) is 0 Å². The number of phenolic OH excluding ortho intramolecular Hbond substituents is 1. The molecule has 10 amide bonds. The Hall–Kier alpha value is -6.25. The zero-order chi connectivity index (χ0) is 53.1. The van der Waals surface area contributed by atoms with E-state index in [1.165, 1.54) is 43.0 Å². The number of hydrogen-bond acceptors (Lipinski definition) is 15. The molecule has 0 aliphatic heterocycles. The molecule has 1 aromatic carbocycles. The number of urea groups is 1. The average Bonchev–Trinajstić information content (AvgIpc) is 3.28. The first-order chi connectivity index (χ1) is 32.9. The van der Waals surface area contributed by atoms with Gasteiger partial charge in [0.2, 0.25) is 47.3 Å². The summed E-state index contributed by atoms with van der Waals surface area (Å²) >= 11 is 1.35. The molecule has 0 aliphatic rings. The van der Waals surface area contributed by atoms with Crippen molar-refractivity contribution in [3.63, 3.8) is 0 Å². The zero-order valence-corrected chi connectivity index (χ0v) is 41.1. The molecule has 0 aromatic heterocycles. The fourth-order valence-electron chi connectivity index (χ4n) is 6.64. The highest BCUT2D eigenvalue weighted by Crippen LogP contribution is 2.14. The van der Waals surface area contributed by atoms with Gasteiger partial charge in [-0.1, -0.05) is 32.9 Å². The molecule has 0 bridgehead atoms. The van der Waals surface area contributed by atoms with Crippen LogP contribution in [0.3, 0.4) is 0 Å². The number of aliphatic hydroxyl groups excluding tert-OH is 2. The number of aliphatic hydroxyl groups is 2. The lowest BCUT2D eigenvalue weighted by Crippen LogP contribution is -2.61. The van der Waals surface area contributed by atoms with Crippen LogP contribution in [0, 0.1) is 11.8 Å². The largest absolute Gasteiger partial charge is 0.508 e. The third kappa shape index (κ3) is 23.9. The van der Waals surface area contributed by atoms with Crippen molar-refractivity contribution in [3.8, 4) is 5.75 Å². The van der Waals surface area contributed by atoms with Crippen LogP contribution in [0.15, 0.2) is 24.3 Å². The fourth-order valence-corrected chi connectivity index (χ4v) is 7.11. The number of primary amides is 2. The first-order valence-corrected chi connectivity index (χ1v) is 24.3. The van der Waals surface area contributed by atoms with Crippen LogP contribution in [0.2, 0.25) is 0 Å². The molecular formula is C44H73N11O14S. The number of hydrogen-bond donors (Lipinski definition) is 15. The number of thioether (sulfide) groups is 1. The van der Waals surface area contributed by atoms with Gasteiger partial charge in [-0.2, -0.15) is 11.8 Å². The second-order valence-corrected chi connectivity index (χ2v) is 18.2. The predicted octanol–water partition coefficient (Wildman–Crippen LogP) is -3.33. The molecule has 1 rings (SSSR count). The number of nitrogens with two attached hydrogens (primary N) is 3. The van der Waals surface area contributed by atoms with Gasteiger partial charge in [-0.3, -0.25) is 43.2 Å². The monoisotopic (exact) mass is 1010 g/mol. The summed E-state index contributed by atoms with van der Waals surface area (Å²) in [6.07, 6.45) is -0.450. The van der Waals surface area contributed by atoms with Crippen LogP contribution < -0.4 is 59.7 Å². The molecule has 26 heteroatoms. The predicted molar refractivity (Wildman–Crippen MR) is 257 cm³/mol. The van der Waals surface area contributed by atoms with Gasteiger partial charge in [0.25, 0.3) is 0 Å². The minimum atomic E-state index is -1.91. The van der Waals surface area contributed by atoms with E-state index in [0.717, 1.165) is 6.92 Å². The van der Waals surface area contributed by atoms with Crippen molar-refractivity contribution >= 4 is 71.0 Å². The number of amides is 10. The van der Waals surface area contributed by atoms with Crippen LogP contribution >= 0.6 is 11.8 Å². The van der Waals surface area contributed by atoms with Crippen molar-refractivity contribution in [1.82, 2.24) is 42.5 Å². The molecule has 394 valence electrons. The van der Waals surface area contributed by atoms with E-state index in [0.29, 0.717) is 17.7 Å². The molecule has 0 radical (unpaired) electrons. The van der Waals surface area contributed by atoms with Gasteiger partial charge in [0.05, 0.1) is 25.0 Å². The molecule has 1 aromatic rings. The Labute approximate surface area is 411 Å². The third-order valence-corrected chi connectivity index (χ3v) is 11.2. The van der Waals surface area contributed by atoms with Gasteiger partial charge >= 0.3 is 12.0 Å². The van der Waals surface area contributed by atoms with Crippen molar-refractivity contribution in [1.29, 1.82) is 0 Å². The molecule has 0 unspecified atom stereocenters. The summed E-state index contributed by atoms with van der Waals surface area (Å²) in [5.41, 5.74) is 16.8. The zero-order valence-electron chi connectivity index (χ0n) is 40.3. The number of aliphatic carboxylic acids is 1. The molecule has 0 spiro atoms. The summed E-state index contributed by atoms with van der Waals surface area (Å²) in [4.78, 5) is 131. The number of carbonyl (C=O) groups is 10. The second kappa shape index (κ2) is 32.5. The Kier molecular flexibility index (Phi) is 28.7. The standard InChI is InChI=1S/C44H73N11O14S/c1-23(2)19-31(36(46)61)52-38(63)29(10-8-17-48-44(47)69)51-41(66)32(20-26-11-13-27(58)14-12-26)53-39(64)28(9-6-7-16-45)50-42(67)33(21-34(59)60)54-43(68)35(25(4)57)55-40(65)30(15-18-70-5)49-37(62)24(3)22-56/h11-14,23-25,28-33,35,56-58H,6-10,15-22,45H2,1-5H3,(H2,46,61)(H,49,62)(H,50,67)(H,51,66)(H,52,63)(H,53,64)(H,54,68)(H,55,65)(H,59,60)(H3,47,48,69)/t24-,25+,28-,29-,30-,31-,32-,33-,35-/m0/s1. The smallest absolute Gasteiger partial charge is 0.312 e. The van der Waals surface area contributed by atoms with E-state index in [2.05, 4.69) is 42.5 Å². The van der Waals surface area contributed by atoms with Gasteiger partial charge in [-0.05, 0) is 94.0 Å². The Bertz CT molecular complexity index is 1910. The Morgan fingerprint density at radius 3 is 1.61 bits per heavy atom. The summed E-state index contributed by atoms with van der Waals surface area (Å²) in [5, 5.41) is 59.3. The maximum Gasteiger partial charge on any atom is 0.312 e. The number of carboxylic acids is 1. The second-order valence-electron chi connectivity index (χ2n) is 17.2. The van der Waals surface area contributed by atoms with E-state index in [4.69, 9.17) is 17.2 Å². The topological polar surface area (TPSA) is 426 Å². The van der Waals surface area contributed by atoms with E-state index in [1.54, 1.807) is 20.1 Å². The van der Waals surface area contributed by atoms with Crippen LogP contribution in [-0.2, 0) is 49.6 Å². The highest BCUT2D eigenvalue weighted by Gasteiger charge is 2.36. The van der Waals surface area contributed by atoms with E-state index in [9.17, 15) is 68.4 Å². The maximum absolute atomic E-state index is 14.2. The van der Waals surface area contributed by atoms with Crippen molar-refractivity contribution in [2.24, 2.45) is 29.0 Å². The number of carbonyl (C=O) groups excluding carboxylic acids is 9. The Morgan fingerprint density at radius 2 is 1.11 bits per heavy atom. The van der Waals surface area contributed by atoms with Gasteiger partial charge in [0, 0.05) is 13.0 Å². The first-order valence-electron chi connectivity index (χ1n) is 22.9.